The molecule has 0 fully saturated rings. The molecule has 0 spiro atoms. The van der Waals surface area contributed by atoms with E-state index < -0.39 is 16.3 Å². The summed E-state index contributed by atoms with van der Waals surface area (Å²) in [5.74, 6) is 0.581. The van der Waals surface area contributed by atoms with E-state index in [0.717, 1.165) is 4.90 Å². The number of nitrogens with one attached hydrogen (secondary N) is 1. The van der Waals surface area contributed by atoms with Gasteiger partial charge in [0.2, 0.25) is 16.2 Å². The molecular weight excluding hydrogens is 402 g/mol. The summed E-state index contributed by atoms with van der Waals surface area (Å²) in [4.78, 5) is 24.5. The first kappa shape index (κ1) is 20.1. The van der Waals surface area contributed by atoms with Crippen LogP contribution in [0.2, 0.25) is 5.02 Å². The van der Waals surface area contributed by atoms with Gasteiger partial charge in [-0.1, -0.05) is 30.7 Å². The van der Waals surface area contributed by atoms with Crippen LogP contribution in [0, 0.1) is 0 Å². The standard InChI is InChI=1S/C18H20ClN5O3S/c1-4-15(28(26)27)24-16-12(9-20-17(22-16)21-11(2)3)10-23(18(24)25)14-8-6-5-7-13(14)19/h5-9,11H,4,10H2,1-3H3,(H,20,21,22). The molecule has 148 valence electrons. The highest BCUT2D eigenvalue weighted by atomic mass is 35.5. The predicted molar refractivity (Wildman–Crippen MR) is 111 cm³/mol. The normalized spacial score (nSPS) is 13.5. The third-order valence-corrected chi connectivity index (χ3v) is 5.29. The van der Waals surface area contributed by atoms with Crippen LogP contribution >= 0.6 is 11.6 Å². The first-order valence-corrected chi connectivity index (χ1v) is 10.2. The lowest BCUT2D eigenvalue weighted by Crippen LogP contribution is -2.51. The lowest BCUT2D eigenvalue weighted by Gasteiger charge is -2.36. The third-order valence-electron chi connectivity index (χ3n) is 4.11. The largest absolute Gasteiger partial charge is 0.352 e. The molecule has 0 saturated heterocycles. The van der Waals surface area contributed by atoms with Crippen molar-refractivity contribution in [3.63, 3.8) is 0 Å². The van der Waals surface area contributed by atoms with E-state index in [-0.39, 0.29) is 29.8 Å². The van der Waals surface area contributed by atoms with Crippen molar-refractivity contribution in [3.8, 4) is 0 Å². The van der Waals surface area contributed by atoms with Crippen LogP contribution in [0.15, 0.2) is 30.5 Å². The molecule has 0 aliphatic carbocycles. The monoisotopic (exact) mass is 421 g/mol. The van der Waals surface area contributed by atoms with Crippen LogP contribution in [-0.4, -0.2) is 35.4 Å². The van der Waals surface area contributed by atoms with Gasteiger partial charge in [-0.2, -0.15) is 13.4 Å². The summed E-state index contributed by atoms with van der Waals surface area (Å²) in [6, 6.07) is 6.45. The molecule has 0 bridgehead atoms. The van der Waals surface area contributed by atoms with Crippen molar-refractivity contribution in [2.45, 2.75) is 39.8 Å². The number of carbonyl (C=O) groups is 1. The highest BCUT2D eigenvalue weighted by Gasteiger charge is 2.36. The molecule has 28 heavy (non-hydrogen) atoms. The molecule has 1 N–H and O–H groups in total. The lowest BCUT2D eigenvalue weighted by atomic mass is 10.2. The van der Waals surface area contributed by atoms with Gasteiger partial charge in [0.05, 0.1) is 17.3 Å². The number of carbonyl (C=O) groups excluding carboxylic acids is 1. The summed E-state index contributed by atoms with van der Waals surface area (Å²) in [6.45, 7) is 5.71. The molecule has 1 aromatic heterocycles. The molecule has 2 aromatic rings. The van der Waals surface area contributed by atoms with Gasteiger partial charge in [-0.15, -0.1) is 0 Å². The van der Waals surface area contributed by atoms with Crippen molar-refractivity contribution in [2.24, 2.45) is 0 Å². The van der Waals surface area contributed by atoms with Crippen LogP contribution in [0.1, 0.15) is 32.8 Å². The second kappa shape index (κ2) is 8.15. The Morgan fingerprint density at radius 2 is 2.04 bits per heavy atom. The van der Waals surface area contributed by atoms with Crippen LogP contribution in [0.4, 0.5) is 22.2 Å². The summed E-state index contributed by atoms with van der Waals surface area (Å²) < 4.78 is 23.6. The number of para-hydroxylation sites is 1. The van der Waals surface area contributed by atoms with Gasteiger partial charge >= 0.3 is 6.03 Å². The van der Waals surface area contributed by atoms with Crippen LogP contribution in [0.3, 0.4) is 0 Å². The van der Waals surface area contributed by atoms with E-state index in [1.165, 1.54) is 4.90 Å². The zero-order valence-electron chi connectivity index (χ0n) is 15.7. The van der Waals surface area contributed by atoms with Crippen LogP contribution in [-0.2, 0) is 16.8 Å². The van der Waals surface area contributed by atoms with Crippen molar-refractivity contribution in [2.75, 3.05) is 15.1 Å². The predicted octanol–water partition coefficient (Wildman–Crippen LogP) is 3.32. The van der Waals surface area contributed by atoms with Crippen molar-refractivity contribution in [1.82, 2.24) is 9.97 Å². The fourth-order valence-electron chi connectivity index (χ4n) is 2.91. The Balaban J connectivity index is 2.19. The first-order valence-electron chi connectivity index (χ1n) is 8.77. The highest BCUT2D eigenvalue weighted by molar-refractivity contribution is 7.73. The second-order valence-corrected chi connectivity index (χ2v) is 7.83. The minimum Gasteiger partial charge on any atom is -0.352 e. The molecular formula is C18H20ClN5O3S. The van der Waals surface area contributed by atoms with Gasteiger partial charge in [-0.05, 0) is 26.0 Å². The Morgan fingerprint density at radius 1 is 1.32 bits per heavy atom. The first-order chi connectivity index (χ1) is 13.3. The number of rotatable bonds is 4. The molecule has 0 unspecified atom stereocenters. The number of halogens is 1. The Kier molecular flexibility index (Phi) is 5.85. The van der Waals surface area contributed by atoms with E-state index in [0.29, 0.717) is 22.2 Å². The molecule has 1 aliphatic rings. The molecule has 10 heteroatoms. The zero-order valence-corrected chi connectivity index (χ0v) is 17.3. The van der Waals surface area contributed by atoms with Gasteiger partial charge in [-0.25, -0.2) is 14.7 Å². The van der Waals surface area contributed by atoms with E-state index in [9.17, 15) is 13.2 Å². The maximum Gasteiger partial charge on any atom is 0.335 e. The van der Waals surface area contributed by atoms with E-state index in [2.05, 4.69) is 15.3 Å². The summed E-state index contributed by atoms with van der Waals surface area (Å²) in [5, 5.41) is 3.46. The average Bonchev–Trinajstić information content (AvgIpc) is 2.64. The number of amides is 2. The van der Waals surface area contributed by atoms with Gasteiger partial charge in [-0.3, -0.25) is 4.90 Å². The van der Waals surface area contributed by atoms with E-state index >= 15 is 0 Å². The SMILES string of the molecule is CCC(N1C(=O)N(c2ccccc2Cl)Cc2cnc(NC(C)C)nc21)=S(=O)=O. The lowest BCUT2D eigenvalue weighted by molar-refractivity contribution is 0.252. The van der Waals surface area contributed by atoms with Gasteiger partial charge in [0.15, 0.2) is 5.82 Å². The fourth-order valence-corrected chi connectivity index (χ4v) is 3.70. The van der Waals surface area contributed by atoms with Crippen LogP contribution in [0.5, 0.6) is 0 Å². The molecule has 1 aromatic carbocycles. The summed E-state index contributed by atoms with van der Waals surface area (Å²) in [7, 11) is -2.59. The quantitative estimate of drug-likeness (QED) is 0.761. The summed E-state index contributed by atoms with van der Waals surface area (Å²) in [6.07, 6.45) is 1.73. The minimum absolute atomic E-state index is 0.0720. The van der Waals surface area contributed by atoms with Crippen molar-refractivity contribution in [1.29, 1.82) is 0 Å². The zero-order chi connectivity index (χ0) is 20.4. The molecule has 2 amide bonds. The highest BCUT2D eigenvalue weighted by Crippen LogP contribution is 2.34. The van der Waals surface area contributed by atoms with Gasteiger partial charge in [0, 0.05) is 24.2 Å². The van der Waals surface area contributed by atoms with E-state index in [1.54, 1.807) is 37.4 Å². The number of benzene rings is 1. The number of nitrogens with zero attached hydrogens (tertiary/aromatic N) is 4. The maximum absolute atomic E-state index is 13.3. The molecule has 2 heterocycles. The van der Waals surface area contributed by atoms with E-state index in [4.69, 9.17) is 11.6 Å². The number of hydrogen-bond donors (Lipinski definition) is 1. The molecule has 1 aliphatic heterocycles. The molecule has 0 radical (unpaired) electrons. The summed E-state index contributed by atoms with van der Waals surface area (Å²) in [5.41, 5.74) is 1.10. The van der Waals surface area contributed by atoms with Crippen LogP contribution in [0.25, 0.3) is 0 Å². The van der Waals surface area contributed by atoms with Gasteiger partial charge in [0.1, 0.15) is 4.99 Å². The van der Waals surface area contributed by atoms with Gasteiger partial charge in [0.25, 0.3) is 0 Å². The van der Waals surface area contributed by atoms with Crippen molar-refractivity contribution in [3.05, 3.63) is 41.0 Å². The van der Waals surface area contributed by atoms with E-state index in [1.807, 2.05) is 13.8 Å². The van der Waals surface area contributed by atoms with Crippen LogP contribution < -0.4 is 15.1 Å². The molecule has 0 saturated carbocycles. The Labute approximate surface area is 169 Å². The number of fused-ring (bicyclic) bond motifs is 1. The number of hydrogen-bond acceptors (Lipinski definition) is 6. The summed E-state index contributed by atoms with van der Waals surface area (Å²) >= 11 is 6.27. The van der Waals surface area contributed by atoms with Crippen molar-refractivity contribution >= 4 is 50.4 Å². The Morgan fingerprint density at radius 3 is 2.64 bits per heavy atom. The Hall–Kier alpha value is -2.65. The van der Waals surface area contributed by atoms with Gasteiger partial charge < -0.3 is 5.32 Å². The smallest absolute Gasteiger partial charge is 0.335 e. The second-order valence-electron chi connectivity index (χ2n) is 6.48. The number of anilines is 3. The molecule has 3 rings (SSSR count). The van der Waals surface area contributed by atoms with Crippen molar-refractivity contribution < 1.29 is 13.2 Å². The number of aromatic nitrogens is 2. The number of urea groups is 1. The average molecular weight is 422 g/mol. The minimum atomic E-state index is -2.59. The topological polar surface area (TPSA) is 95.5 Å². The Bertz CT molecular complexity index is 1050. The molecule has 0 atom stereocenters. The maximum atomic E-state index is 13.3. The fraction of sp³-hybridized carbons (Fsp3) is 0.333. The molecule has 8 nitrogen and oxygen atoms in total. The third kappa shape index (κ3) is 3.81.